The van der Waals surface area contributed by atoms with E-state index in [-0.39, 0.29) is 11.1 Å². The Balaban J connectivity index is 2.26. The Hall–Kier alpha value is -2.52. The highest BCUT2D eigenvalue weighted by Gasteiger charge is 2.63. The Labute approximate surface area is 113 Å². The Morgan fingerprint density at radius 1 is 1.00 bits per heavy atom. The number of carbonyl (C=O) groups is 3. The second-order valence-electron chi connectivity index (χ2n) is 4.07. The predicted octanol–water partition coefficient (Wildman–Crippen LogP) is 1.71. The standard InChI is InChI=1S/C11H5F5N2O3/c12-10(13,11(14,15)16)9(21)17-4-1-2-5-6(3-4)8(20)18-7(5)19/h1-3H,(H,17,21)(H,18,19,20). The number of fused-ring (bicyclic) bond motifs is 1. The van der Waals surface area contributed by atoms with E-state index in [1.807, 2.05) is 5.32 Å². The topological polar surface area (TPSA) is 75.3 Å². The number of hydrogen-bond donors (Lipinski definition) is 2. The van der Waals surface area contributed by atoms with Crippen LogP contribution in [0.15, 0.2) is 18.2 Å². The number of carbonyl (C=O) groups excluding carboxylic acids is 3. The first-order valence-corrected chi connectivity index (χ1v) is 5.30. The first-order valence-electron chi connectivity index (χ1n) is 5.30. The Morgan fingerprint density at radius 3 is 2.14 bits per heavy atom. The minimum absolute atomic E-state index is 0.0689. The highest BCUT2D eigenvalue weighted by Crippen LogP contribution is 2.36. The van der Waals surface area contributed by atoms with Crippen molar-refractivity contribution in [2.75, 3.05) is 5.32 Å². The van der Waals surface area contributed by atoms with Gasteiger partial charge in [-0.15, -0.1) is 0 Å². The third-order valence-corrected chi connectivity index (χ3v) is 2.63. The van der Waals surface area contributed by atoms with Gasteiger partial charge < -0.3 is 5.32 Å². The maximum atomic E-state index is 12.8. The van der Waals surface area contributed by atoms with E-state index < -0.39 is 35.5 Å². The van der Waals surface area contributed by atoms with Crippen LogP contribution in [0.4, 0.5) is 27.6 Å². The van der Waals surface area contributed by atoms with E-state index in [0.717, 1.165) is 18.2 Å². The first-order chi connectivity index (χ1) is 9.54. The number of imide groups is 1. The van der Waals surface area contributed by atoms with Crippen molar-refractivity contribution >= 4 is 23.4 Å². The minimum Gasteiger partial charge on any atom is -0.321 e. The molecule has 1 aliphatic heterocycles. The molecular weight excluding hydrogens is 303 g/mol. The molecule has 112 valence electrons. The van der Waals surface area contributed by atoms with E-state index in [4.69, 9.17) is 0 Å². The molecule has 1 aliphatic rings. The van der Waals surface area contributed by atoms with E-state index in [1.165, 1.54) is 5.32 Å². The molecular formula is C11H5F5N2O3. The summed E-state index contributed by atoms with van der Waals surface area (Å²) in [5, 5.41) is 3.25. The SMILES string of the molecule is O=C1NC(=O)c2cc(NC(=O)C(F)(F)C(F)(F)F)ccc21. The van der Waals surface area contributed by atoms with Crippen molar-refractivity contribution in [3.63, 3.8) is 0 Å². The van der Waals surface area contributed by atoms with Crippen LogP contribution >= 0.6 is 0 Å². The van der Waals surface area contributed by atoms with Gasteiger partial charge in [0.15, 0.2) is 0 Å². The summed E-state index contributed by atoms with van der Waals surface area (Å²) in [5.41, 5.74) is -0.763. The van der Waals surface area contributed by atoms with Gasteiger partial charge in [0.25, 0.3) is 11.8 Å². The lowest BCUT2D eigenvalue weighted by molar-refractivity contribution is -0.267. The normalized spacial score (nSPS) is 14.7. The van der Waals surface area contributed by atoms with E-state index in [1.54, 1.807) is 0 Å². The van der Waals surface area contributed by atoms with E-state index in [2.05, 4.69) is 0 Å². The monoisotopic (exact) mass is 308 g/mol. The van der Waals surface area contributed by atoms with Crippen LogP contribution in [0.1, 0.15) is 20.7 Å². The van der Waals surface area contributed by atoms with Crippen LogP contribution in [0.2, 0.25) is 0 Å². The van der Waals surface area contributed by atoms with Gasteiger partial charge in [-0.2, -0.15) is 22.0 Å². The van der Waals surface area contributed by atoms with Gasteiger partial charge in [-0.1, -0.05) is 0 Å². The molecule has 2 rings (SSSR count). The number of rotatable bonds is 2. The third kappa shape index (κ3) is 2.43. The summed E-state index contributed by atoms with van der Waals surface area (Å²) in [6.45, 7) is 0. The quantitative estimate of drug-likeness (QED) is 0.645. The van der Waals surface area contributed by atoms with Crippen LogP contribution in [0.25, 0.3) is 0 Å². The lowest BCUT2D eigenvalue weighted by Crippen LogP contribution is -2.47. The van der Waals surface area contributed by atoms with Crippen LogP contribution in [0.5, 0.6) is 0 Å². The number of nitrogens with one attached hydrogen (secondary N) is 2. The second-order valence-corrected chi connectivity index (χ2v) is 4.07. The van der Waals surface area contributed by atoms with Gasteiger partial charge in [-0.05, 0) is 18.2 Å². The molecule has 21 heavy (non-hydrogen) atoms. The zero-order chi connectivity index (χ0) is 16.0. The van der Waals surface area contributed by atoms with Crippen LogP contribution in [0.3, 0.4) is 0 Å². The van der Waals surface area contributed by atoms with Gasteiger partial charge >= 0.3 is 18.0 Å². The molecule has 1 heterocycles. The fourth-order valence-corrected chi connectivity index (χ4v) is 1.58. The highest BCUT2D eigenvalue weighted by molar-refractivity contribution is 6.22. The number of amides is 3. The summed E-state index contributed by atoms with van der Waals surface area (Å²) in [6, 6.07) is 2.79. The molecule has 0 bridgehead atoms. The van der Waals surface area contributed by atoms with E-state index in [0.29, 0.717) is 0 Å². The third-order valence-electron chi connectivity index (χ3n) is 2.63. The molecule has 1 aromatic rings. The van der Waals surface area contributed by atoms with E-state index in [9.17, 15) is 36.3 Å². The molecule has 0 aliphatic carbocycles. The lowest BCUT2D eigenvalue weighted by atomic mass is 10.1. The molecule has 0 saturated heterocycles. The minimum atomic E-state index is -6.04. The van der Waals surface area contributed by atoms with Crippen molar-refractivity contribution in [3.05, 3.63) is 29.3 Å². The molecule has 0 fully saturated rings. The molecule has 5 nitrogen and oxygen atoms in total. The largest absolute Gasteiger partial charge is 0.463 e. The zero-order valence-electron chi connectivity index (χ0n) is 9.85. The molecule has 0 radical (unpaired) electrons. The van der Waals surface area contributed by atoms with Gasteiger partial charge in [0.05, 0.1) is 11.1 Å². The summed E-state index contributed by atoms with van der Waals surface area (Å²) < 4.78 is 61.5. The van der Waals surface area contributed by atoms with Gasteiger partial charge in [-0.3, -0.25) is 19.7 Å². The molecule has 0 saturated carbocycles. The average molecular weight is 308 g/mol. The summed E-state index contributed by atoms with van der Waals surface area (Å²) in [7, 11) is 0. The van der Waals surface area contributed by atoms with Gasteiger partial charge in [-0.25, -0.2) is 0 Å². The van der Waals surface area contributed by atoms with Crippen molar-refractivity contribution in [2.24, 2.45) is 0 Å². The maximum absolute atomic E-state index is 12.8. The Kier molecular flexibility index (Phi) is 3.19. The van der Waals surface area contributed by atoms with Gasteiger partial charge in [0.2, 0.25) is 0 Å². The van der Waals surface area contributed by atoms with Crippen molar-refractivity contribution in [1.29, 1.82) is 0 Å². The highest BCUT2D eigenvalue weighted by atomic mass is 19.4. The molecule has 10 heteroatoms. The summed E-state index contributed by atoms with van der Waals surface area (Å²) >= 11 is 0. The number of hydrogen-bond acceptors (Lipinski definition) is 3. The lowest BCUT2D eigenvalue weighted by Gasteiger charge is -2.18. The fraction of sp³-hybridized carbons (Fsp3) is 0.182. The molecule has 3 amide bonds. The van der Waals surface area contributed by atoms with Crippen molar-refractivity contribution in [2.45, 2.75) is 12.1 Å². The number of anilines is 1. The van der Waals surface area contributed by atoms with Gasteiger partial charge in [0, 0.05) is 5.69 Å². The van der Waals surface area contributed by atoms with Crippen LogP contribution in [0, 0.1) is 0 Å². The fourth-order valence-electron chi connectivity index (χ4n) is 1.58. The van der Waals surface area contributed by atoms with Crippen molar-refractivity contribution in [1.82, 2.24) is 5.32 Å². The molecule has 0 spiro atoms. The molecule has 1 aromatic carbocycles. The number of alkyl halides is 5. The molecule has 0 aromatic heterocycles. The molecule has 2 N–H and O–H groups in total. The number of benzene rings is 1. The second kappa shape index (κ2) is 4.50. The van der Waals surface area contributed by atoms with Gasteiger partial charge in [0.1, 0.15) is 0 Å². The molecule has 0 unspecified atom stereocenters. The summed E-state index contributed by atoms with van der Waals surface area (Å²) in [4.78, 5) is 33.5. The first kappa shape index (κ1) is 14.9. The Morgan fingerprint density at radius 2 is 1.57 bits per heavy atom. The predicted molar refractivity (Wildman–Crippen MR) is 57.9 cm³/mol. The van der Waals surface area contributed by atoms with Crippen LogP contribution < -0.4 is 10.6 Å². The van der Waals surface area contributed by atoms with Crippen LogP contribution in [-0.2, 0) is 4.79 Å². The van der Waals surface area contributed by atoms with Crippen LogP contribution in [-0.4, -0.2) is 29.8 Å². The van der Waals surface area contributed by atoms with Crippen molar-refractivity contribution < 1.29 is 36.3 Å². The van der Waals surface area contributed by atoms with E-state index >= 15 is 0 Å². The molecule has 0 atom stereocenters. The summed E-state index contributed by atoms with van der Waals surface area (Å²) in [5.74, 6) is -9.73. The zero-order valence-corrected chi connectivity index (χ0v) is 9.85. The summed E-state index contributed by atoms with van der Waals surface area (Å²) in [6.07, 6.45) is -6.04. The maximum Gasteiger partial charge on any atom is 0.463 e. The van der Waals surface area contributed by atoms with Crippen molar-refractivity contribution in [3.8, 4) is 0 Å². The smallest absolute Gasteiger partial charge is 0.321 e. The Bertz CT molecular complexity index is 654. The number of halogens is 5. The average Bonchev–Trinajstić information content (AvgIpc) is 2.63.